The van der Waals surface area contributed by atoms with E-state index in [0.717, 1.165) is 22.8 Å². The van der Waals surface area contributed by atoms with Crippen molar-refractivity contribution < 1.29 is 0 Å². The summed E-state index contributed by atoms with van der Waals surface area (Å²) in [6.07, 6.45) is 0.860. The Bertz CT molecular complexity index is 439. The van der Waals surface area contributed by atoms with E-state index in [-0.39, 0.29) is 0 Å². The molecule has 0 fully saturated rings. The molecule has 2 aromatic carbocycles. The van der Waals surface area contributed by atoms with Gasteiger partial charge in [-0.05, 0) is 30.7 Å². The van der Waals surface area contributed by atoms with Crippen LogP contribution >= 0.6 is 12.2 Å². The molecule has 0 spiro atoms. The van der Waals surface area contributed by atoms with Crippen LogP contribution in [0, 0.1) is 0 Å². The van der Waals surface area contributed by atoms with Gasteiger partial charge in [-0.25, -0.2) is 0 Å². The SMILES string of the molecule is CCC(=S)N(c1ccccc1)c1ccccc1. The molecule has 0 bridgehead atoms. The summed E-state index contributed by atoms with van der Waals surface area (Å²) >= 11 is 5.47. The van der Waals surface area contributed by atoms with Crippen LogP contribution in [0.15, 0.2) is 60.7 Å². The van der Waals surface area contributed by atoms with Crippen molar-refractivity contribution in [3.05, 3.63) is 60.7 Å². The Morgan fingerprint density at radius 1 is 0.882 bits per heavy atom. The zero-order valence-corrected chi connectivity index (χ0v) is 10.7. The molecular formula is C15H15NS. The van der Waals surface area contributed by atoms with Crippen LogP contribution in [0.4, 0.5) is 11.4 Å². The van der Waals surface area contributed by atoms with Gasteiger partial charge in [0.2, 0.25) is 0 Å². The molecule has 0 unspecified atom stereocenters. The van der Waals surface area contributed by atoms with Crippen LogP contribution in [0.3, 0.4) is 0 Å². The van der Waals surface area contributed by atoms with E-state index in [2.05, 4.69) is 36.1 Å². The van der Waals surface area contributed by atoms with Gasteiger partial charge in [-0.1, -0.05) is 55.5 Å². The monoisotopic (exact) mass is 241 g/mol. The summed E-state index contributed by atoms with van der Waals surface area (Å²) in [7, 11) is 0. The van der Waals surface area contributed by atoms with Crippen LogP contribution in [-0.4, -0.2) is 4.99 Å². The van der Waals surface area contributed by atoms with Gasteiger partial charge in [0.05, 0.1) is 4.99 Å². The number of thiocarbonyl (C=S) groups is 1. The average molecular weight is 241 g/mol. The zero-order valence-electron chi connectivity index (χ0n) is 9.84. The third kappa shape index (κ3) is 2.71. The minimum Gasteiger partial charge on any atom is -0.305 e. The summed E-state index contributed by atoms with van der Waals surface area (Å²) in [5.74, 6) is 0. The number of anilines is 2. The topological polar surface area (TPSA) is 3.24 Å². The molecule has 2 rings (SSSR count). The van der Waals surface area contributed by atoms with Crippen LogP contribution in [0.5, 0.6) is 0 Å². The average Bonchev–Trinajstić information content (AvgIpc) is 2.41. The Balaban J connectivity index is 2.43. The summed E-state index contributed by atoms with van der Waals surface area (Å²) in [6, 6.07) is 20.5. The predicted molar refractivity (Wildman–Crippen MR) is 77.9 cm³/mol. The molecule has 0 N–H and O–H groups in total. The van der Waals surface area contributed by atoms with Crippen molar-refractivity contribution >= 4 is 28.6 Å². The summed E-state index contributed by atoms with van der Waals surface area (Å²) in [5.41, 5.74) is 2.23. The lowest BCUT2D eigenvalue weighted by Crippen LogP contribution is -2.22. The number of para-hydroxylation sites is 2. The smallest absolute Gasteiger partial charge is 0.0866 e. The van der Waals surface area contributed by atoms with E-state index in [1.165, 1.54) is 0 Å². The predicted octanol–water partition coefficient (Wildman–Crippen LogP) is 4.56. The Labute approximate surface area is 108 Å². The molecule has 0 aliphatic carbocycles. The van der Waals surface area contributed by atoms with Crippen molar-refractivity contribution in [3.8, 4) is 0 Å². The molecule has 17 heavy (non-hydrogen) atoms. The summed E-state index contributed by atoms with van der Waals surface area (Å²) in [5, 5.41) is 0. The largest absolute Gasteiger partial charge is 0.305 e. The maximum atomic E-state index is 5.47. The van der Waals surface area contributed by atoms with Crippen LogP contribution < -0.4 is 4.90 Å². The fourth-order valence-corrected chi connectivity index (χ4v) is 1.96. The molecule has 1 nitrogen and oxygen atoms in total. The lowest BCUT2D eigenvalue weighted by atomic mass is 10.2. The van der Waals surface area contributed by atoms with Gasteiger partial charge in [0.25, 0.3) is 0 Å². The first-order valence-electron chi connectivity index (χ1n) is 5.76. The van der Waals surface area contributed by atoms with Crippen molar-refractivity contribution in [1.82, 2.24) is 0 Å². The molecule has 0 saturated heterocycles. The van der Waals surface area contributed by atoms with E-state index < -0.39 is 0 Å². The van der Waals surface area contributed by atoms with E-state index >= 15 is 0 Å². The molecule has 0 aliphatic rings. The summed E-state index contributed by atoms with van der Waals surface area (Å²) in [6.45, 7) is 2.08. The van der Waals surface area contributed by atoms with Gasteiger partial charge >= 0.3 is 0 Å². The van der Waals surface area contributed by atoms with Crippen molar-refractivity contribution in [3.63, 3.8) is 0 Å². The van der Waals surface area contributed by atoms with Gasteiger partial charge in [0.15, 0.2) is 0 Å². The number of hydrogen-bond acceptors (Lipinski definition) is 1. The lowest BCUT2D eigenvalue weighted by molar-refractivity contribution is 1.23. The third-order valence-corrected chi connectivity index (χ3v) is 3.05. The highest BCUT2D eigenvalue weighted by atomic mass is 32.1. The van der Waals surface area contributed by atoms with Gasteiger partial charge in [0.1, 0.15) is 0 Å². The zero-order chi connectivity index (χ0) is 12.1. The fraction of sp³-hybridized carbons (Fsp3) is 0.133. The number of rotatable bonds is 3. The van der Waals surface area contributed by atoms with Crippen LogP contribution in [0.25, 0.3) is 0 Å². The molecule has 0 amide bonds. The minimum absolute atomic E-state index is 0.860. The Hall–Kier alpha value is -1.67. The third-order valence-electron chi connectivity index (χ3n) is 2.58. The van der Waals surface area contributed by atoms with Crippen molar-refractivity contribution in [2.24, 2.45) is 0 Å². The molecule has 0 heterocycles. The van der Waals surface area contributed by atoms with Gasteiger partial charge in [-0.3, -0.25) is 0 Å². The minimum atomic E-state index is 0.860. The van der Waals surface area contributed by atoms with Gasteiger partial charge in [-0.2, -0.15) is 0 Å². The summed E-state index contributed by atoms with van der Waals surface area (Å²) < 4.78 is 0. The molecule has 86 valence electrons. The molecule has 0 saturated carbocycles. The van der Waals surface area contributed by atoms with E-state index in [9.17, 15) is 0 Å². The first-order valence-corrected chi connectivity index (χ1v) is 6.17. The normalized spacial score (nSPS) is 9.94. The maximum Gasteiger partial charge on any atom is 0.0866 e. The molecule has 0 aromatic heterocycles. The highest BCUT2D eigenvalue weighted by Gasteiger charge is 2.11. The fourth-order valence-electron chi connectivity index (χ4n) is 1.75. The quantitative estimate of drug-likeness (QED) is 0.725. The van der Waals surface area contributed by atoms with E-state index in [1.54, 1.807) is 0 Å². The van der Waals surface area contributed by atoms with Gasteiger partial charge in [0, 0.05) is 11.4 Å². The van der Waals surface area contributed by atoms with E-state index in [4.69, 9.17) is 12.2 Å². The van der Waals surface area contributed by atoms with Crippen LogP contribution in [-0.2, 0) is 0 Å². The standard InChI is InChI=1S/C15H15NS/c1-2-15(17)16(13-9-5-3-6-10-13)14-11-7-4-8-12-14/h3-12H,2H2,1H3. The van der Waals surface area contributed by atoms with E-state index in [0.29, 0.717) is 0 Å². The van der Waals surface area contributed by atoms with Crippen LogP contribution in [0.2, 0.25) is 0 Å². The lowest BCUT2D eigenvalue weighted by Gasteiger charge is -2.24. The number of hydrogen-bond donors (Lipinski definition) is 0. The Kier molecular flexibility index (Phi) is 3.89. The molecule has 0 aliphatic heterocycles. The molecule has 2 aromatic rings. The Morgan fingerprint density at radius 2 is 1.29 bits per heavy atom. The summed E-state index contributed by atoms with van der Waals surface area (Å²) in [4.78, 5) is 3.05. The van der Waals surface area contributed by atoms with Gasteiger partial charge in [-0.15, -0.1) is 0 Å². The maximum absolute atomic E-state index is 5.47. The van der Waals surface area contributed by atoms with E-state index in [1.807, 2.05) is 36.4 Å². The molecule has 0 atom stereocenters. The Morgan fingerprint density at radius 3 is 1.65 bits per heavy atom. The second kappa shape index (κ2) is 5.60. The number of benzene rings is 2. The van der Waals surface area contributed by atoms with Crippen molar-refractivity contribution in [1.29, 1.82) is 0 Å². The van der Waals surface area contributed by atoms with Gasteiger partial charge < -0.3 is 4.90 Å². The highest BCUT2D eigenvalue weighted by molar-refractivity contribution is 7.80. The van der Waals surface area contributed by atoms with Crippen molar-refractivity contribution in [2.75, 3.05) is 4.90 Å². The second-order valence-electron chi connectivity index (χ2n) is 3.75. The van der Waals surface area contributed by atoms with Crippen molar-refractivity contribution in [2.45, 2.75) is 13.3 Å². The first-order chi connectivity index (χ1) is 8.33. The molecular weight excluding hydrogens is 226 g/mol. The van der Waals surface area contributed by atoms with Crippen LogP contribution in [0.1, 0.15) is 13.3 Å². The molecule has 2 heteroatoms. The second-order valence-corrected chi connectivity index (χ2v) is 4.23. The molecule has 0 radical (unpaired) electrons. The highest BCUT2D eigenvalue weighted by Crippen LogP contribution is 2.26. The number of nitrogens with zero attached hydrogens (tertiary/aromatic N) is 1. The first kappa shape index (κ1) is 11.8.